The van der Waals surface area contributed by atoms with Crippen LogP contribution in [0.15, 0.2) is 109 Å². The van der Waals surface area contributed by atoms with Gasteiger partial charge in [-0.2, -0.15) is 0 Å². The first-order chi connectivity index (χ1) is 31.1. The van der Waals surface area contributed by atoms with E-state index < -0.39 is 90.8 Å². The molecule has 0 bridgehead atoms. The molecule has 5 rings (SSSR count). The molecule has 4 aromatic carbocycles. The average Bonchev–Trinajstić information content (AvgIpc) is 3.80. The summed E-state index contributed by atoms with van der Waals surface area (Å²) in [5.74, 6) is -4.97. The van der Waals surface area contributed by atoms with Crippen molar-refractivity contribution in [3.8, 4) is 11.5 Å². The molecule has 1 aliphatic rings. The molecular formula is C47H56N8O10. The lowest BCUT2D eigenvalue weighted by molar-refractivity contribution is -0.142. The van der Waals surface area contributed by atoms with Crippen molar-refractivity contribution >= 4 is 41.4 Å². The van der Waals surface area contributed by atoms with Gasteiger partial charge in [-0.3, -0.25) is 33.6 Å². The molecule has 1 heterocycles. The lowest BCUT2D eigenvalue weighted by Crippen LogP contribution is -2.58. The number of aliphatic hydroxyl groups excluding tert-OH is 1. The summed E-state index contributed by atoms with van der Waals surface area (Å²) in [6.45, 7) is -1.23. The zero-order valence-corrected chi connectivity index (χ0v) is 36.0. The number of likely N-dealkylation sites (N-methyl/N-ethyl adjacent to an activating group) is 1. The average molecular weight is 893 g/mol. The van der Waals surface area contributed by atoms with Crippen molar-refractivity contribution in [2.45, 2.75) is 74.8 Å². The van der Waals surface area contributed by atoms with Crippen LogP contribution in [0.4, 0.5) is 0 Å². The Balaban J connectivity index is 1.32. The molecule has 1 aliphatic heterocycles. The number of nitrogens with two attached hydrogens (primary N) is 2. The van der Waals surface area contributed by atoms with Gasteiger partial charge in [-0.15, -0.1) is 0 Å². The summed E-state index contributed by atoms with van der Waals surface area (Å²) < 4.78 is 0. The van der Waals surface area contributed by atoms with E-state index in [1.165, 1.54) is 41.1 Å². The molecule has 0 aromatic heterocycles. The standard InChI is InChI=1S/C47H56N8O10/c1-54(46(64)35(48)23-31-14-18-33(57)19-15-31)40(26-30-11-6-3-7-12-30)45(63)52-36(24-29-9-4-2-5-10-29)43(61)50-27-41(59)51-37(25-32-16-20-34(58)21-17-32)47(65)55-22-8-13-39(55)44(62)53-38(28-56)42(49)60/h2-7,9-12,14-21,35-40,56-58H,8,13,22-28,48H2,1H3,(H2,49,60)(H,50,61)(H,51,59)(H,52,63)(H,53,62)/t35-,36-,37-,38-,39-,40-/m0/s1. The Morgan fingerprint density at radius 3 is 1.75 bits per heavy atom. The largest absolute Gasteiger partial charge is 0.508 e. The van der Waals surface area contributed by atoms with Crippen LogP contribution in [-0.2, 0) is 59.2 Å². The molecule has 0 aliphatic carbocycles. The van der Waals surface area contributed by atoms with Gasteiger partial charge in [0.05, 0.1) is 19.2 Å². The summed E-state index contributed by atoms with van der Waals surface area (Å²) in [5, 5.41) is 39.5. The second-order valence-corrected chi connectivity index (χ2v) is 15.9. The van der Waals surface area contributed by atoms with Gasteiger partial charge in [0.2, 0.25) is 41.4 Å². The van der Waals surface area contributed by atoms with Gasteiger partial charge in [0.1, 0.15) is 41.7 Å². The minimum Gasteiger partial charge on any atom is -0.508 e. The quantitative estimate of drug-likeness (QED) is 0.0517. The van der Waals surface area contributed by atoms with E-state index in [-0.39, 0.29) is 50.1 Å². The van der Waals surface area contributed by atoms with Gasteiger partial charge < -0.3 is 57.9 Å². The third-order valence-electron chi connectivity index (χ3n) is 11.1. The highest BCUT2D eigenvalue weighted by Gasteiger charge is 2.39. The molecule has 1 fully saturated rings. The van der Waals surface area contributed by atoms with Crippen molar-refractivity contribution in [2.75, 3.05) is 26.7 Å². The normalized spacial score (nSPS) is 15.6. The minimum atomic E-state index is -1.37. The maximum Gasteiger partial charge on any atom is 0.246 e. The third kappa shape index (κ3) is 14.1. The predicted octanol–water partition coefficient (Wildman–Crippen LogP) is -0.438. The number of nitrogens with one attached hydrogen (secondary N) is 4. The Morgan fingerprint density at radius 1 is 0.677 bits per heavy atom. The Hall–Kier alpha value is -7.31. The zero-order chi connectivity index (χ0) is 47.0. The molecule has 0 spiro atoms. The van der Waals surface area contributed by atoms with Crippen LogP contribution in [-0.4, -0.2) is 129 Å². The highest BCUT2D eigenvalue weighted by molar-refractivity contribution is 5.97. The number of phenols is 2. The van der Waals surface area contributed by atoms with E-state index in [0.717, 1.165) is 5.56 Å². The second kappa shape index (κ2) is 23.4. The fourth-order valence-corrected chi connectivity index (χ4v) is 7.54. The zero-order valence-electron chi connectivity index (χ0n) is 36.0. The van der Waals surface area contributed by atoms with Crippen LogP contribution in [0.3, 0.4) is 0 Å². The van der Waals surface area contributed by atoms with E-state index in [1.54, 1.807) is 78.9 Å². The SMILES string of the molecule is CN(C(=O)[C@@H](N)Cc1ccc(O)cc1)[C@@H](Cc1ccccc1)C(=O)N[C@@H](Cc1ccccc1)C(=O)NCC(=O)N[C@@H](Cc1ccc(O)cc1)C(=O)N1CCC[C@H]1C(=O)N[C@@H](CO)C(N)=O. The number of aliphatic hydroxyl groups is 1. The smallest absolute Gasteiger partial charge is 0.246 e. The number of amides is 7. The van der Waals surface area contributed by atoms with E-state index in [2.05, 4.69) is 21.3 Å². The first-order valence-corrected chi connectivity index (χ1v) is 21.2. The highest BCUT2D eigenvalue weighted by Crippen LogP contribution is 2.21. The number of hydrogen-bond acceptors (Lipinski definition) is 11. The molecule has 1 saturated heterocycles. The molecule has 0 radical (unpaired) electrons. The first-order valence-electron chi connectivity index (χ1n) is 21.2. The fourth-order valence-electron chi connectivity index (χ4n) is 7.54. The maximum absolute atomic E-state index is 14.3. The third-order valence-corrected chi connectivity index (χ3v) is 11.1. The van der Waals surface area contributed by atoms with E-state index in [1.807, 2.05) is 6.07 Å². The lowest BCUT2D eigenvalue weighted by atomic mass is 10.00. The lowest BCUT2D eigenvalue weighted by Gasteiger charge is -2.31. The van der Waals surface area contributed by atoms with Crippen LogP contribution in [0.2, 0.25) is 0 Å². The topological polar surface area (TPSA) is 287 Å². The van der Waals surface area contributed by atoms with Crippen molar-refractivity contribution in [3.05, 3.63) is 131 Å². The number of carbonyl (C=O) groups excluding carboxylic acids is 7. The van der Waals surface area contributed by atoms with Crippen molar-refractivity contribution < 1.29 is 48.9 Å². The number of phenolic OH excluding ortho intramolecular Hbond substituents is 2. The van der Waals surface area contributed by atoms with Gasteiger partial charge in [0.15, 0.2) is 0 Å². The first kappa shape index (κ1) is 48.7. The molecule has 4 aromatic rings. The van der Waals surface area contributed by atoms with Gasteiger partial charge in [-0.1, -0.05) is 84.9 Å². The number of benzene rings is 4. The van der Waals surface area contributed by atoms with Crippen LogP contribution in [0, 0.1) is 0 Å². The molecule has 0 saturated carbocycles. The second-order valence-electron chi connectivity index (χ2n) is 15.9. The van der Waals surface area contributed by atoms with Gasteiger partial charge in [-0.05, 0) is 65.8 Å². The number of primary amides is 1. The summed E-state index contributed by atoms with van der Waals surface area (Å²) in [5.41, 5.74) is 14.3. The van der Waals surface area contributed by atoms with Gasteiger partial charge in [-0.25, -0.2) is 0 Å². The molecule has 7 amide bonds. The van der Waals surface area contributed by atoms with Crippen molar-refractivity contribution in [2.24, 2.45) is 11.5 Å². The molecule has 11 N–H and O–H groups in total. The number of rotatable bonds is 21. The number of nitrogens with zero attached hydrogens (tertiary/aromatic N) is 2. The van der Waals surface area contributed by atoms with E-state index in [9.17, 15) is 48.9 Å². The number of carbonyl (C=O) groups is 7. The summed E-state index contributed by atoms with van der Waals surface area (Å²) in [6, 6.07) is 23.0. The molecular weight excluding hydrogens is 837 g/mol. The van der Waals surface area contributed by atoms with E-state index in [0.29, 0.717) is 23.1 Å². The fraction of sp³-hybridized carbons (Fsp3) is 0.340. The van der Waals surface area contributed by atoms with Crippen LogP contribution in [0.25, 0.3) is 0 Å². The van der Waals surface area contributed by atoms with Crippen LogP contribution in [0.5, 0.6) is 11.5 Å². The Kier molecular flexibility index (Phi) is 17.5. The summed E-state index contributed by atoms with van der Waals surface area (Å²) in [6.07, 6.45) is 0.806. The van der Waals surface area contributed by atoms with E-state index >= 15 is 0 Å². The van der Waals surface area contributed by atoms with Gasteiger partial charge >= 0.3 is 0 Å². The number of likely N-dealkylation sites (tertiary alicyclic amines) is 1. The predicted molar refractivity (Wildman–Crippen MR) is 238 cm³/mol. The summed E-state index contributed by atoms with van der Waals surface area (Å²) in [7, 11) is 1.46. The monoisotopic (exact) mass is 892 g/mol. The van der Waals surface area contributed by atoms with Gasteiger partial charge in [0, 0.05) is 32.9 Å². The molecule has 18 heteroatoms. The Bertz CT molecular complexity index is 2260. The van der Waals surface area contributed by atoms with Crippen molar-refractivity contribution in [1.82, 2.24) is 31.1 Å². The van der Waals surface area contributed by atoms with E-state index in [4.69, 9.17) is 11.5 Å². The van der Waals surface area contributed by atoms with Crippen LogP contribution < -0.4 is 32.7 Å². The Labute approximate surface area is 376 Å². The summed E-state index contributed by atoms with van der Waals surface area (Å²) >= 11 is 0. The number of aromatic hydroxyl groups is 2. The Morgan fingerprint density at radius 2 is 1.20 bits per heavy atom. The highest BCUT2D eigenvalue weighted by atomic mass is 16.3. The minimum absolute atomic E-state index is 0.00336. The molecule has 344 valence electrons. The molecule has 0 unspecified atom stereocenters. The van der Waals surface area contributed by atoms with Crippen LogP contribution >= 0.6 is 0 Å². The van der Waals surface area contributed by atoms with Crippen molar-refractivity contribution in [3.63, 3.8) is 0 Å². The van der Waals surface area contributed by atoms with Gasteiger partial charge in [0.25, 0.3) is 0 Å². The van der Waals surface area contributed by atoms with Crippen molar-refractivity contribution in [1.29, 1.82) is 0 Å². The maximum atomic E-state index is 14.3. The molecule has 65 heavy (non-hydrogen) atoms. The summed E-state index contributed by atoms with van der Waals surface area (Å²) in [4.78, 5) is 97.3. The molecule has 6 atom stereocenters. The molecule has 18 nitrogen and oxygen atoms in total. The number of hydrogen-bond donors (Lipinski definition) is 9. The van der Waals surface area contributed by atoms with Crippen LogP contribution in [0.1, 0.15) is 35.1 Å².